The molecule has 0 bridgehead atoms. The molecule has 0 radical (unpaired) electrons. The maximum Gasteiger partial charge on any atom is 0.292 e. The summed E-state index contributed by atoms with van der Waals surface area (Å²) in [7, 11) is -3.96. The molecular weight excluding hydrogens is 356 g/mol. The number of fused-ring (bicyclic) bond motifs is 1. The number of anilines is 1. The molecule has 1 amide bonds. The molecule has 9 heteroatoms. The van der Waals surface area contributed by atoms with Crippen LogP contribution in [0.2, 0.25) is 0 Å². The minimum absolute atomic E-state index is 0.0515. The average molecular weight is 372 g/mol. The Hall–Kier alpha value is -3.33. The molecule has 0 unspecified atom stereocenters. The molecule has 5 N–H and O–H groups in total. The quantitative estimate of drug-likeness (QED) is 0.366. The molecule has 1 aliphatic heterocycles. The Bertz CT molecular complexity index is 1040. The minimum Gasteiger partial charge on any atom is -0.505 e. The molecule has 1 aliphatic rings. The van der Waals surface area contributed by atoms with Crippen LogP contribution in [0.1, 0.15) is 18.1 Å². The molecule has 0 spiro atoms. The van der Waals surface area contributed by atoms with E-state index in [0.29, 0.717) is 11.4 Å². The number of aliphatic hydroxyl groups excluding tert-OH is 1. The first-order valence-electron chi connectivity index (χ1n) is 7.55. The second-order valence-corrected chi connectivity index (χ2v) is 7.24. The van der Waals surface area contributed by atoms with Crippen molar-refractivity contribution in [2.45, 2.75) is 11.8 Å². The van der Waals surface area contributed by atoms with Gasteiger partial charge in [-0.3, -0.25) is 9.52 Å². The molecule has 26 heavy (non-hydrogen) atoms. The molecule has 0 fully saturated rings. The topological polar surface area (TPSA) is 134 Å². The number of nitrogens with zero attached hydrogens (tertiary/aromatic N) is 1. The van der Waals surface area contributed by atoms with E-state index in [1.807, 2.05) is 0 Å². The van der Waals surface area contributed by atoms with E-state index >= 15 is 0 Å². The van der Waals surface area contributed by atoms with Crippen LogP contribution in [0.15, 0.2) is 64.2 Å². The van der Waals surface area contributed by atoms with Crippen molar-refractivity contribution < 1.29 is 18.3 Å². The molecule has 0 atom stereocenters. The number of amides is 1. The lowest BCUT2D eigenvalue weighted by Gasteiger charge is -2.20. The zero-order valence-corrected chi connectivity index (χ0v) is 14.5. The van der Waals surface area contributed by atoms with Crippen LogP contribution in [-0.2, 0) is 14.8 Å². The van der Waals surface area contributed by atoms with Gasteiger partial charge in [-0.25, -0.2) is 13.8 Å². The van der Waals surface area contributed by atoms with Crippen molar-refractivity contribution in [1.29, 1.82) is 0 Å². The number of aliphatic hydroxyl groups is 1. The summed E-state index contributed by atoms with van der Waals surface area (Å²) in [5, 5.41) is 14.2. The van der Waals surface area contributed by atoms with Crippen LogP contribution in [0.25, 0.3) is 5.76 Å². The monoisotopic (exact) mass is 372 g/mol. The van der Waals surface area contributed by atoms with Gasteiger partial charge in [0, 0.05) is 11.3 Å². The Kier molecular flexibility index (Phi) is 4.39. The number of hydrogen-bond acceptors (Lipinski definition) is 6. The van der Waals surface area contributed by atoms with Crippen LogP contribution in [-0.4, -0.2) is 25.1 Å². The highest BCUT2D eigenvalue weighted by Gasteiger charge is 2.32. The molecule has 2 aromatic rings. The maximum atomic E-state index is 12.3. The summed E-state index contributed by atoms with van der Waals surface area (Å²) in [6.45, 7) is 1.67. The van der Waals surface area contributed by atoms with Gasteiger partial charge in [-0.15, -0.1) is 0 Å². The van der Waals surface area contributed by atoms with Crippen molar-refractivity contribution >= 4 is 33.1 Å². The summed E-state index contributed by atoms with van der Waals surface area (Å²) < 4.78 is 26.6. The van der Waals surface area contributed by atoms with E-state index < -0.39 is 27.4 Å². The first-order chi connectivity index (χ1) is 12.3. The molecule has 134 valence electrons. The number of carbonyl (C=O) groups is 1. The highest BCUT2D eigenvalue weighted by atomic mass is 32.2. The number of hydrazone groups is 1. The van der Waals surface area contributed by atoms with E-state index in [-0.39, 0.29) is 10.5 Å². The smallest absolute Gasteiger partial charge is 0.292 e. The van der Waals surface area contributed by atoms with Crippen LogP contribution < -0.4 is 15.9 Å². The predicted octanol–water partition coefficient (Wildman–Crippen LogP) is 1.33. The van der Waals surface area contributed by atoms with Crippen LogP contribution in [0.5, 0.6) is 0 Å². The van der Waals surface area contributed by atoms with Crippen molar-refractivity contribution in [1.82, 2.24) is 10.1 Å². The average Bonchev–Trinajstić information content (AvgIpc) is 2.63. The Morgan fingerprint density at radius 1 is 1.15 bits per heavy atom. The van der Waals surface area contributed by atoms with E-state index in [1.54, 1.807) is 37.3 Å². The number of rotatable bonds is 3. The third-order valence-corrected chi connectivity index (χ3v) is 5.19. The number of sulfonamides is 1. The van der Waals surface area contributed by atoms with Gasteiger partial charge in [0.1, 0.15) is 0 Å². The Balaban J connectivity index is 1.88. The van der Waals surface area contributed by atoms with E-state index in [1.165, 1.54) is 18.2 Å². The zero-order valence-electron chi connectivity index (χ0n) is 13.7. The lowest BCUT2D eigenvalue weighted by atomic mass is 10.1. The zero-order chi connectivity index (χ0) is 18.9. The van der Waals surface area contributed by atoms with Gasteiger partial charge in [0.25, 0.3) is 15.9 Å². The van der Waals surface area contributed by atoms with Crippen LogP contribution in [0.4, 0.5) is 5.69 Å². The van der Waals surface area contributed by atoms with Crippen molar-refractivity contribution in [3.8, 4) is 0 Å². The number of nitrogen functional groups attached to an aromatic ring is 1. The fraction of sp³-hybridized carbons (Fsp3) is 0.0588. The summed E-state index contributed by atoms with van der Waals surface area (Å²) in [5.74, 6) is -1.34. The second-order valence-electron chi connectivity index (χ2n) is 5.59. The fourth-order valence-corrected chi connectivity index (χ4v) is 3.68. The SMILES string of the molecule is C/C(=N\NC(=O)C1=C(O)c2ccccc2S(=O)(=O)N1)c1ccc(N)cc1. The number of hydrogen-bond donors (Lipinski definition) is 4. The molecule has 0 aliphatic carbocycles. The highest BCUT2D eigenvalue weighted by Crippen LogP contribution is 2.28. The molecule has 0 saturated carbocycles. The highest BCUT2D eigenvalue weighted by molar-refractivity contribution is 7.89. The standard InChI is InChI=1S/C17H16N4O4S/c1-10(11-6-8-12(18)9-7-11)19-20-17(23)15-16(22)13-4-2-3-5-14(13)26(24,25)21-15/h2-9,21-22H,18H2,1H3,(H,20,23)/b19-10+. The number of nitrogens with two attached hydrogens (primary N) is 1. The van der Waals surface area contributed by atoms with Gasteiger partial charge >= 0.3 is 0 Å². The summed E-state index contributed by atoms with van der Waals surface area (Å²) in [4.78, 5) is 12.2. The van der Waals surface area contributed by atoms with Gasteiger partial charge in [0.05, 0.1) is 10.6 Å². The first kappa shape index (κ1) is 17.5. The van der Waals surface area contributed by atoms with E-state index in [2.05, 4.69) is 15.2 Å². The van der Waals surface area contributed by atoms with Crippen molar-refractivity contribution in [2.24, 2.45) is 5.10 Å². The van der Waals surface area contributed by atoms with Crippen molar-refractivity contribution in [3.63, 3.8) is 0 Å². The lowest BCUT2D eigenvalue weighted by Crippen LogP contribution is -2.37. The summed E-state index contributed by atoms with van der Waals surface area (Å²) >= 11 is 0. The van der Waals surface area contributed by atoms with E-state index in [9.17, 15) is 18.3 Å². The van der Waals surface area contributed by atoms with Crippen LogP contribution in [0.3, 0.4) is 0 Å². The molecule has 1 heterocycles. The maximum absolute atomic E-state index is 12.3. The molecular formula is C17H16N4O4S. The van der Waals surface area contributed by atoms with Gasteiger partial charge < -0.3 is 10.8 Å². The molecule has 3 rings (SSSR count). The Morgan fingerprint density at radius 2 is 1.81 bits per heavy atom. The van der Waals surface area contributed by atoms with Gasteiger partial charge in [-0.05, 0) is 36.8 Å². The Morgan fingerprint density at radius 3 is 2.50 bits per heavy atom. The number of benzene rings is 2. The van der Waals surface area contributed by atoms with Gasteiger partial charge in [0.2, 0.25) is 0 Å². The van der Waals surface area contributed by atoms with Gasteiger partial charge in [0.15, 0.2) is 11.5 Å². The summed E-state index contributed by atoms with van der Waals surface area (Å²) in [6.07, 6.45) is 0. The van der Waals surface area contributed by atoms with Crippen LogP contribution in [0, 0.1) is 0 Å². The third kappa shape index (κ3) is 3.24. The summed E-state index contributed by atoms with van der Waals surface area (Å²) in [5.41, 5.74) is 9.22. The first-order valence-corrected chi connectivity index (χ1v) is 9.04. The van der Waals surface area contributed by atoms with Gasteiger partial charge in [-0.1, -0.05) is 24.3 Å². The van der Waals surface area contributed by atoms with E-state index in [4.69, 9.17) is 5.73 Å². The Labute approximate surface area is 150 Å². The molecule has 8 nitrogen and oxygen atoms in total. The molecule has 2 aromatic carbocycles. The van der Waals surface area contributed by atoms with Crippen molar-refractivity contribution in [2.75, 3.05) is 5.73 Å². The van der Waals surface area contributed by atoms with E-state index in [0.717, 1.165) is 5.56 Å². The van der Waals surface area contributed by atoms with Crippen molar-refractivity contribution in [3.05, 3.63) is 65.4 Å². The predicted molar refractivity (Wildman–Crippen MR) is 97.5 cm³/mol. The third-order valence-electron chi connectivity index (χ3n) is 3.79. The van der Waals surface area contributed by atoms with Crippen LogP contribution >= 0.6 is 0 Å². The largest absolute Gasteiger partial charge is 0.505 e. The minimum atomic E-state index is -3.96. The molecule has 0 saturated heterocycles. The number of nitrogens with one attached hydrogen (secondary N) is 2. The second kappa shape index (κ2) is 6.52. The lowest BCUT2D eigenvalue weighted by molar-refractivity contribution is -0.117. The summed E-state index contributed by atoms with van der Waals surface area (Å²) in [6, 6.07) is 12.7. The normalized spacial score (nSPS) is 15.8. The fourth-order valence-electron chi connectivity index (χ4n) is 2.40. The number of carbonyl (C=O) groups excluding carboxylic acids is 1. The molecule has 0 aromatic heterocycles. The van der Waals surface area contributed by atoms with Gasteiger partial charge in [-0.2, -0.15) is 5.10 Å².